The molecule has 2 saturated carbocycles. The molecule has 2 atom stereocenters. The minimum Gasteiger partial charge on any atom is -0.378 e. The zero-order valence-electron chi connectivity index (χ0n) is 15.9. The van der Waals surface area contributed by atoms with Gasteiger partial charge in [0.2, 0.25) is 0 Å². The lowest BCUT2D eigenvalue weighted by molar-refractivity contribution is -0.0594. The van der Waals surface area contributed by atoms with Crippen LogP contribution in [0.25, 0.3) is 0 Å². The summed E-state index contributed by atoms with van der Waals surface area (Å²) < 4.78 is 31.0. The van der Waals surface area contributed by atoms with Crippen molar-refractivity contribution in [2.24, 2.45) is 29.6 Å². The van der Waals surface area contributed by atoms with E-state index in [4.69, 9.17) is 4.74 Å². The van der Waals surface area contributed by atoms with Crippen LogP contribution in [0.5, 0.6) is 0 Å². The van der Waals surface area contributed by atoms with Crippen molar-refractivity contribution in [1.29, 1.82) is 0 Å². The van der Waals surface area contributed by atoms with E-state index in [1.807, 2.05) is 0 Å². The Morgan fingerprint density at radius 3 is 2.08 bits per heavy atom. The molecule has 0 amide bonds. The fraction of sp³-hybridized carbons (Fsp3) is 0.909. The third-order valence-corrected chi connectivity index (χ3v) is 7.23. The van der Waals surface area contributed by atoms with Gasteiger partial charge in [-0.05, 0) is 80.6 Å². The number of hydrogen-bond acceptors (Lipinski definition) is 1. The van der Waals surface area contributed by atoms with E-state index in [-0.39, 0.29) is 5.92 Å². The highest BCUT2D eigenvalue weighted by Gasteiger charge is 2.31. The number of hydrogen-bond donors (Lipinski definition) is 0. The maximum absolute atomic E-state index is 12.4. The Morgan fingerprint density at radius 1 is 0.840 bits per heavy atom. The van der Waals surface area contributed by atoms with Gasteiger partial charge in [-0.1, -0.05) is 39.0 Å². The molecule has 1 nitrogen and oxygen atoms in total. The lowest BCUT2D eigenvalue weighted by atomic mass is 9.76. The van der Waals surface area contributed by atoms with Gasteiger partial charge in [-0.15, -0.1) is 0 Å². The molecule has 1 heterocycles. The molecule has 3 aliphatic rings. The van der Waals surface area contributed by atoms with Gasteiger partial charge in [0.25, 0.3) is 6.08 Å². The lowest BCUT2D eigenvalue weighted by Crippen LogP contribution is -2.34. The van der Waals surface area contributed by atoms with Crippen LogP contribution in [0.4, 0.5) is 8.78 Å². The summed E-state index contributed by atoms with van der Waals surface area (Å²) in [6.07, 6.45) is 15.0. The fourth-order valence-electron chi connectivity index (χ4n) is 5.38. The second-order valence-electron chi connectivity index (χ2n) is 9.15. The predicted molar refractivity (Wildman–Crippen MR) is 98.6 cm³/mol. The average molecular weight is 355 g/mol. The highest BCUT2D eigenvalue weighted by atomic mass is 19.3. The zero-order valence-corrected chi connectivity index (χ0v) is 15.9. The summed E-state index contributed by atoms with van der Waals surface area (Å²) in [5.41, 5.74) is 0. The number of ether oxygens (including phenoxy) is 1. The molecule has 0 aromatic carbocycles. The maximum Gasteiger partial charge on any atom is 0.266 e. The molecule has 3 fully saturated rings. The Bertz CT molecular complexity index is 408. The topological polar surface area (TPSA) is 9.23 Å². The first kappa shape index (κ1) is 19.3. The molecule has 25 heavy (non-hydrogen) atoms. The van der Waals surface area contributed by atoms with Crippen LogP contribution >= 0.6 is 0 Å². The number of halogens is 2. The Labute approximate surface area is 152 Å². The maximum atomic E-state index is 12.4. The van der Waals surface area contributed by atoms with E-state index in [1.165, 1.54) is 57.4 Å². The summed E-state index contributed by atoms with van der Waals surface area (Å²) in [6.45, 7) is 3.33. The molecular weight excluding hydrogens is 318 g/mol. The Kier molecular flexibility index (Phi) is 7.33. The van der Waals surface area contributed by atoms with Crippen molar-refractivity contribution in [3.05, 3.63) is 12.2 Å². The first-order valence-corrected chi connectivity index (χ1v) is 10.7. The summed E-state index contributed by atoms with van der Waals surface area (Å²) in [4.78, 5) is 0. The highest BCUT2D eigenvalue weighted by molar-refractivity contribution is 4.92. The van der Waals surface area contributed by atoms with Crippen molar-refractivity contribution in [2.45, 2.75) is 90.1 Å². The van der Waals surface area contributed by atoms with Crippen LogP contribution in [0, 0.1) is 29.6 Å². The van der Waals surface area contributed by atoms with E-state index >= 15 is 0 Å². The molecule has 0 spiro atoms. The predicted octanol–water partition coefficient (Wildman–Crippen LogP) is 6.97. The summed E-state index contributed by atoms with van der Waals surface area (Å²) in [5.74, 6) is 3.37. The molecule has 2 aliphatic carbocycles. The second kappa shape index (κ2) is 9.48. The van der Waals surface area contributed by atoms with Crippen LogP contribution in [0.15, 0.2) is 12.2 Å². The molecule has 0 bridgehead atoms. The molecule has 1 aliphatic heterocycles. The molecule has 144 valence electrons. The third kappa shape index (κ3) is 6.05. The van der Waals surface area contributed by atoms with Crippen LogP contribution in [0.2, 0.25) is 0 Å². The van der Waals surface area contributed by atoms with Crippen molar-refractivity contribution in [1.82, 2.24) is 0 Å². The van der Waals surface area contributed by atoms with Gasteiger partial charge >= 0.3 is 0 Å². The van der Waals surface area contributed by atoms with Gasteiger partial charge in [-0.2, -0.15) is 8.78 Å². The molecule has 2 unspecified atom stereocenters. The van der Waals surface area contributed by atoms with Gasteiger partial charge in [-0.25, -0.2) is 0 Å². The van der Waals surface area contributed by atoms with Crippen molar-refractivity contribution >= 4 is 0 Å². The van der Waals surface area contributed by atoms with Crippen LogP contribution in [-0.2, 0) is 4.74 Å². The quantitative estimate of drug-likeness (QED) is 0.518. The van der Waals surface area contributed by atoms with Crippen LogP contribution < -0.4 is 0 Å². The summed E-state index contributed by atoms with van der Waals surface area (Å²) in [7, 11) is 0. The van der Waals surface area contributed by atoms with E-state index in [0.29, 0.717) is 12.0 Å². The van der Waals surface area contributed by atoms with Gasteiger partial charge in [0.05, 0.1) is 6.10 Å². The van der Waals surface area contributed by atoms with Crippen molar-refractivity contribution in [2.75, 3.05) is 6.61 Å². The van der Waals surface area contributed by atoms with Crippen molar-refractivity contribution in [3.8, 4) is 0 Å². The van der Waals surface area contributed by atoms with Gasteiger partial charge in [0.1, 0.15) is 0 Å². The molecule has 0 N–H and O–H groups in total. The molecule has 3 heteroatoms. The summed E-state index contributed by atoms with van der Waals surface area (Å²) >= 11 is 0. The number of rotatable bonds is 5. The lowest BCUT2D eigenvalue weighted by Gasteiger charge is -2.37. The summed E-state index contributed by atoms with van der Waals surface area (Å²) in [6, 6.07) is 0. The summed E-state index contributed by atoms with van der Waals surface area (Å²) in [5, 5.41) is 0. The average Bonchev–Trinajstić information content (AvgIpc) is 2.62. The third-order valence-electron chi connectivity index (χ3n) is 7.23. The van der Waals surface area contributed by atoms with E-state index in [9.17, 15) is 8.78 Å². The zero-order chi connectivity index (χ0) is 17.6. The minimum absolute atomic E-state index is 0.0933. The fourth-order valence-corrected chi connectivity index (χ4v) is 5.38. The van der Waals surface area contributed by atoms with Crippen LogP contribution in [0.1, 0.15) is 84.0 Å². The Morgan fingerprint density at radius 2 is 1.48 bits per heavy atom. The highest BCUT2D eigenvalue weighted by Crippen LogP contribution is 2.38. The first-order chi connectivity index (χ1) is 12.1. The second-order valence-corrected chi connectivity index (χ2v) is 9.15. The van der Waals surface area contributed by atoms with Gasteiger partial charge < -0.3 is 4.74 Å². The van der Waals surface area contributed by atoms with Crippen LogP contribution in [0.3, 0.4) is 0 Å². The van der Waals surface area contributed by atoms with Crippen LogP contribution in [-0.4, -0.2) is 12.7 Å². The Hall–Kier alpha value is -0.440. The Balaban J connectivity index is 1.32. The van der Waals surface area contributed by atoms with E-state index in [0.717, 1.165) is 50.0 Å². The largest absolute Gasteiger partial charge is 0.378 e. The monoisotopic (exact) mass is 354 g/mol. The standard InChI is InChI=1S/C22H36F2O/c1-16-2-4-17(5-3-16)6-7-19-10-13-21(25-15-19)20-11-8-18(9-12-20)14-22(23)24/h14,16-21H,2-13,15H2,1H3. The molecule has 0 aromatic heterocycles. The van der Waals surface area contributed by atoms with Crippen molar-refractivity contribution < 1.29 is 13.5 Å². The van der Waals surface area contributed by atoms with E-state index in [2.05, 4.69) is 6.92 Å². The smallest absolute Gasteiger partial charge is 0.266 e. The van der Waals surface area contributed by atoms with Gasteiger partial charge in [0.15, 0.2) is 0 Å². The van der Waals surface area contributed by atoms with Gasteiger partial charge in [-0.3, -0.25) is 0 Å². The molecular formula is C22H36F2O. The molecule has 3 rings (SSSR count). The molecule has 1 saturated heterocycles. The first-order valence-electron chi connectivity index (χ1n) is 10.7. The van der Waals surface area contributed by atoms with Crippen molar-refractivity contribution in [3.63, 3.8) is 0 Å². The SMILES string of the molecule is CC1CCC(CCC2CCC(C3CCC(C=C(F)F)CC3)OC2)CC1. The minimum atomic E-state index is -1.51. The normalized spacial score (nSPS) is 39.8. The van der Waals surface area contributed by atoms with E-state index in [1.54, 1.807) is 0 Å². The number of allylic oxidation sites excluding steroid dienone is 1. The molecule has 0 aromatic rings. The molecule has 0 radical (unpaired) electrons. The van der Waals surface area contributed by atoms with Gasteiger partial charge in [0, 0.05) is 6.61 Å². The van der Waals surface area contributed by atoms with E-state index < -0.39 is 6.08 Å².